The van der Waals surface area contributed by atoms with Crippen LogP contribution in [0.25, 0.3) is 0 Å². The highest BCUT2D eigenvalue weighted by Gasteiger charge is 2.23. The fourth-order valence-electron chi connectivity index (χ4n) is 2.04. The van der Waals surface area contributed by atoms with Crippen molar-refractivity contribution in [3.05, 3.63) is 0 Å². The molecule has 0 aromatic heterocycles. The van der Waals surface area contributed by atoms with Crippen LogP contribution >= 0.6 is 0 Å². The molecule has 0 radical (unpaired) electrons. The summed E-state index contributed by atoms with van der Waals surface area (Å²) >= 11 is 0. The summed E-state index contributed by atoms with van der Waals surface area (Å²) in [6.45, 7) is 1.47. The molecular weight excluding hydrogens is 218 g/mol. The van der Waals surface area contributed by atoms with Crippen LogP contribution < -0.4 is 5.73 Å². The monoisotopic (exact) mass is 241 g/mol. The van der Waals surface area contributed by atoms with Gasteiger partial charge >= 0.3 is 0 Å². The zero-order chi connectivity index (χ0) is 12.7. The van der Waals surface area contributed by atoms with Gasteiger partial charge in [0, 0.05) is 32.6 Å². The lowest BCUT2D eigenvalue weighted by Crippen LogP contribution is -2.46. The van der Waals surface area contributed by atoms with E-state index in [4.69, 9.17) is 15.9 Å². The lowest BCUT2D eigenvalue weighted by atomic mass is 9.98. The maximum atomic E-state index is 10.2. The van der Waals surface area contributed by atoms with Crippen molar-refractivity contribution in [3.8, 4) is 0 Å². The van der Waals surface area contributed by atoms with Crippen LogP contribution in [-0.4, -0.2) is 43.4 Å². The van der Waals surface area contributed by atoms with Crippen LogP contribution in [0.5, 0.6) is 0 Å². The van der Waals surface area contributed by atoms with Crippen molar-refractivity contribution in [2.24, 2.45) is 11.7 Å². The number of nitrogens with zero attached hydrogens (tertiary/aromatic N) is 1. The number of amidine groups is 1. The van der Waals surface area contributed by atoms with Crippen molar-refractivity contribution >= 4 is 12.1 Å². The van der Waals surface area contributed by atoms with Gasteiger partial charge < -0.3 is 20.2 Å². The maximum Gasteiger partial charge on any atom is 0.119 e. The Labute approximate surface area is 103 Å². The molecule has 5 heteroatoms. The summed E-state index contributed by atoms with van der Waals surface area (Å²) in [5.41, 5.74) is 6.00. The molecule has 0 aromatic rings. The lowest BCUT2D eigenvalue weighted by Gasteiger charge is -2.33. The minimum absolute atomic E-state index is 0.162. The molecule has 1 aliphatic heterocycles. The van der Waals surface area contributed by atoms with Crippen LogP contribution in [0.1, 0.15) is 32.1 Å². The number of carbonyl (C=O) groups is 1. The summed E-state index contributed by atoms with van der Waals surface area (Å²) in [4.78, 5) is 12.1. The molecule has 1 aliphatic rings. The predicted molar refractivity (Wildman–Crippen MR) is 66.9 cm³/mol. The normalized spacial score (nSPS) is 18.7. The van der Waals surface area contributed by atoms with E-state index in [0.29, 0.717) is 12.3 Å². The summed E-state index contributed by atoms with van der Waals surface area (Å²) in [7, 11) is 1.86. The van der Waals surface area contributed by atoms with Gasteiger partial charge in [-0.2, -0.15) is 0 Å². The molecule has 0 aliphatic carbocycles. The van der Waals surface area contributed by atoms with Crippen LogP contribution in [0.2, 0.25) is 0 Å². The van der Waals surface area contributed by atoms with Crippen LogP contribution in [0.15, 0.2) is 0 Å². The number of carbonyl (C=O) groups excluding carboxylic acids is 1. The Hall–Kier alpha value is -0.940. The molecule has 1 saturated heterocycles. The Morgan fingerprint density at radius 3 is 2.82 bits per heavy atom. The topological polar surface area (TPSA) is 79.4 Å². The molecule has 1 unspecified atom stereocenters. The van der Waals surface area contributed by atoms with E-state index >= 15 is 0 Å². The van der Waals surface area contributed by atoms with Gasteiger partial charge in [0.25, 0.3) is 0 Å². The number of unbranched alkanes of at least 4 members (excludes halogenated alkanes) is 1. The highest BCUT2D eigenvalue weighted by molar-refractivity contribution is 5.81. The van der Waals surface area contributed by atoms with E-state index in [9.17, 15) is 4.79 Å². The molecule has 1 atom stereocenters. The van der Waals surface area contributed by atoms with E-state index in [-0.39, 0.29) is 12.1 Å². The van der Waals surface area contributed by atoms with Gasteiger partial charge in [-0.15, -0.1) is 0 Å². The average molecular weight is 241 g/mol. The minimum Gasteiger partial charge on any atom is -0.381 e. The van der Waals surface area contributed by atoms with E-state index in [0.717, 1.165) is 45.2 Å². The molecule has 1 rings (SSSR count). The smallest absolute Gasteiger partial charge is 0.119 e. The first-order valence-electron chi connectivity index (χ1n) is 6.25. The van der Waals surface area contributed by atoms with Crippen molar-refractivity contribution in [2.45, 2.75) is 38.3 Å². The molecular formula is C12H23N3O2. The summed E-state index contributed by atoms with van der Waals surface area (Å²) in [5.74, 6) is 0.873. The third kappa shape index (κ3) is 4.44. The van der Waals surface area contributed by atoms with Crippen molar-refractivity contribution in [2.75, 3.05) is 20.3 Å². The molecule has 5 nitrogen and oxygen atoms in total. The Balaban J connectivity index is 2.35. The van der Waals surface area contributed by atoms with Gasteiger partial charge in [0.2, 0.25) is 0 Å². The Morgan fingerprint density at radius 1 is 1.59 bits per heavy atom. The van der Waals surface area contributed by atoms with Crippen LogP contribution in [0.3, 0.4) is 0 Å². The molecule has 0 spiro atoms. The predicted octanol–water partition coefficient (Wildman–Crippen LogP) is 0.976. The molecule has 0 aromatic carbocycles. The SMILES string of the molecule is CN(C(=N)C1CCOCC1)C(N)CCCC=O. The zero-order valence-electron chi connectivity index (χ0n) is 10.5. The average Bonchev–Trinajstić information content (AvgIpc) is 2.38. The Kier molecular flexibility index (Phi) is 6.15. The van der Waals surface area contributed by atoms with E-state index in [1.54, 1.807) is 0 Å². The zero-order valence-corrected chi connectivity index (χ0v) is 10.5. The minimum atomic E-state index is -0.162. The lowest BCUT2D eigenvalue weighted by molar-refractivity contribution is -0.107. The Morgan fingerprint density at radius 2 is 2.24 bits per heavy atom. The summed E-state index contributed by atoms with van der Waals surface area (Å²) in [6, 6.07) is 0. The van der Waals surface area contributed by atoms with E-state index < -0.39 is 0 Å². The molecule has 0 saturated carbocycles. The van der Waals surface area contributed by atoms with Gasteiger partial charge in [-0.1, -0.05) is 0 Å². The van der Waals surface area contributed by atoms with E-state index in [2.05, 4.69) is 0 Å². The van der Waals surface area contributed by atoms with Crippen molar-refractivity contribution in [3.63, 3.8) is 0 Å². The van der Waals surface area contributed by atoms with Gasteiger partial charge in [0.1, 0.15) is 12.1 Å². The molecule has 98 valence electrons. The number of ether oxygens (including phenoxy) is 1. The highest BCUT2D eigenvalue weighted by atomic mass is 16.5. The fraction of sp³-hybridized carbons (Fsp3) is 0.833. The molecule has 1 fully saturated rings. The van der Waals surface area contributed by atoms with Crippen molar-refractivity contribution < 1.29 is 9.53 Å². The van der Waals surface area contributed by atoms with E-state index in [1.165, 1.54) is 0 Å². The van der Waals surface area contributed by atoms with E-state index in [1.807, 2.05) is 11.9 Å². The number of rotatable bonds is 6. The fourth-order valence-corrected chi connectivity index (χ4v) is 2.04. The number of nitrogens with one attached hydrogen (secondary N) is 1. The summed E-state index contributed by atoms with van der Waals surface area (Å²) < 4.78 is 5.28. The molecule has 1 heterocycles. The van der Waals surface area contributed by atoms with Crippen LogP contribution in [0.4, 0.5) is 0 Å². The Bertz CT molecular complexity index is 252. The summed E-state index contributed by atoms with van der Waals surface area (Å²) in [5, 5.41) is 8.12. The third-order valence-corrected chi connectivity index (χ3v) is 3.31. The van der Waals surface area contributed by atoms with Gasteiger partial charge in [-0.3, -0.25) is 5.41 Å². The number of nitrogens with two attached hydrogens (primary N) is 1. The number of hydrogen-bond acceptors (Lipinski definition) is 4. The standard InChI is InChI=1S/C12H23N3O2/c1-15(11(13)4-2-3-7-16)12(14)10-5-8-17-9-6-10/h7,10-11,14H,2-6,8-9,13H2,1H3. The molecule has 0 bridgehead atoms. The molecule has 0 amide bonds. The highest BCUT2D eigenvalue weighted by Crippen LogP contribution is 2.18. The quantitative estimate of drug-likeness (QED) is 0.239. The second kappa shape index (κ2) is 7.40. The summed E-state index contributed by atoms with van der Waals surface area (Å²) in [6.07, 6.45) is 4.65. The number of hydrogen-bond donors (Lipinski definition) is 2. The first kappa shape index (κ1) is 14.1. The second-order valence-corrected chi connectivity index (χ2v) is 4.55. The van der Waals surface area contributed by atoms with Crippen molar-refractivity contribution in [1.29, 1.82) is 5.41 Å². The number of aldehydes is 1. The maximum absolute atomic E-state index is 10.2. The third-order valence-electron chi connectivity index (χ3n) is 3.31. The van der Waals surface area contributed by atoms with Crippen molar-refractivity contribution in [1.82, 2.24) is 4.90 Å². The second-order valence-electron chi connectivity index (χ2n) is 4.55. The molecule has 3 N–H and O–H groups in total. The van der Waals surface area contributed by atoms with Gasteiger partial charge in [-0.25, -0.2) is 0 Å². The largest absolute Gasteiger partial charge is 0.381 e. The first-order valence-corrected chi connectivity index (χ1v) is 6.25. The molecule has 17 heavy (non-hydrogen) atoms. The first-order chi connectivity index (χ1) is 8.16. The van der Waals surface area contributed by atoms with Crippen LogP contribution in [0, 0.1) is 11.3 Å². The van der Waals surface area contributed by atoms with Crippen LogP contribution in [-0.2, 0) is 9.53 Å². The van der Waals surface area contributed by atoms with Gasteiger partial charge in [0.05, 0.1) is 6.17 Å². The van der Waals surface area contributed by atoms with Gasteiger partial charge in [0.15, 0.2) is 0 Å². The van der Waals surface area contributed by atoms with Gasteiger partial charge in [-0.05, 0) is 25.7 Å².